The summed E-state index contributed by atoms with van der Waals surface area (Å²) in [6, 6.07) is 29.4. The van der Waals surface area contributed by atoms with Gasteiger partial charge in [0.2, 0.25) is 0 Å². The first kappa shape index (κ1) is 24.1. The van der Waals surface area contributed by atoms with E-state index in [4.69, 9.17) is 9.31 Å². The van der Waals surface area contributed by atoms with Crippen LogP contribution in [-0.4, -0.2) is 31.7 Å². The number of hydrogen-bond acceptors (Lipinski definition) is 3. The van der Waals surface area contributed by atoms with Crippen molar-refractivity contribution in [3.8, 4) is 22.3 Å². The summed E-state index contributed by atoms with van der Waals surface area (Å²) in [5.74, 6) is 0. The molecular formula is C30H32BO3P. The molecule has 4 aromatic carbocycles. The minimum Gasteiger partial charge on any atom is -0.399 e. The zero-order chi connectivity index (χ0) is 25.0. The van der Waals surface area contributed by atoms with Crippen molar-refractivity contribution in [1.29, 1.82) is 0 Å². The van der Waals surface area contributed by atoms with Gasteiger partial charge in [-0.2, -0.15) is 0 Å². The highest BCUT2D eigenvalue weighted by molar-refractivity contribution is 7.70. The first-order chi connectivity index (χ1) is 16.5. The van der Waals surface area contributed by atoms with E-state index >= 15 is 0 Å². The monoisotopic (exact) mass is 482 g/mol. The summed E-state index contributed by atoms with van der Waals surface area (Å²) in [6.07, 6.45) is 0. The maximum atomic E-state index is 12.7. The second-order valence-corrected chi connectivity index (χ2v) is 14.0. The molecule has 0 saturated carbocycles. The second kappa shape index (κ2) is 8.48. The highest BCUT2D eigenvalue weighted by atomic mass is 31.2. The largest absolute Gasteiger partial charge is 0.494 e. The molecule has 0 amide bonds. The zero-order valence-corrected chi connectivity index (χ0v) is 22.2. The van der Waals surface area contributed by atoms with Crippen molar-refractivity contribution in [2.75, 3.05) is 13.3 Å². The molecule has 1 saturated heterocycles. The van der Waals surface area contributed by atoms with Gasteiger partial charge in [0.05, 0.1) is 11.2 Å². The molecule has 35 heavy (non-hydrogen) atoms. The Kier molecular flexibility index (Phi) is 5.83. The standard InChI is InChI=1S/C30H32BO3P/c1-29(2)30(3,4)34-31(33-29)23-13-9-11-21(19-23)25-17-18-26(28-16-8-7-15-27(25)28)22-12-10-14-24(20-22)35(5,6)32/h7-20H,1-6H3. The Hall–Kier alpha value is -2.65. The molecule has 0 bridgehead atoms. The summed E-state index contributed by atoms with van der Waals surface area (Å²) in [5, 5.41) is 3.25. The second-order valence-electron chi connectivity index (χ2n) is 10.8. The van der Waals surface area contributed by atoms with Gasteiger partial charge >= 0.3 is 7.12 Å². The maximum Gasteiger partial charge on any atom is 0.494 e. The Morgan fingerprint density at radius 3 is 1.71 bits per heavy atom. The third kappa shape index (κ3) is 4.40. The Morgan fingerprint density at radius 1 is 0.657 bits per heavy atom. The molecular weight excluding hydrogens is 450 g/mol. The molecule has 1 aliphatic heterocycles. The topological polar surface area (TPSA) is 35.5 Å². The van der Waals surface area contributed by atoms with Crippen LogP contribution in [0, 0.1) is 0 Å². The Morgan fingerprint density at radius 2 is 1.17 bits per heavy atom. The summed E-state index contributed by atoms with van der Waals surface area (Å²) in [4.78, 5) is 0. The van der Waals surface area contributed by atoms with Crippen LogP contribution in [0.2, 0.25) is 0 Å². The highest BCUT2D eigenvalue weighted by Gasteiger charge is 2.51. The van der Waals surface area contributed by atoms with E-state index in [1.807, 2.05) is 25.5 Å². The maximum absolute atomic E-state index is 12.7. The smallest absolute Gasteiger partial charge is 0.399 e. The van der Waals surface area contributed by atoms with Gasteiger partial charge in [0.25, 0.3) is 0 Å². The van der Waals surface area contributed by atoms with Gasteiger partial charge in [0.1, 0.15) is 7.14 Å². The molecule has 0 atom stereocenters. The van der Waals surface area contributed by atoms with Crippen LogP contribution in [-0.2, 0) is 13.9 Å². The van der Waals surface area contributed by atoms with Crippen LogP contribution in [0.5, 0.6) is 0 Å². The molecule has 1 heterocycles. The molecule has 3 nitrogen and oxygen atoms in total. The van der Waals surface area contributed by atoms with Gasteiger partial charge in [-0.05, 0) is 85.6 Å². The summed E-state index contributed by atoms with van der Waals surface area (Å²) in [6.45, 7) is 11.9. The summed E-state index contributed by atoms with van der Waals surface area (Å²) >= 11 is 0. The average Bonchev–Trinajstić information content (AvgIpc) is 3.05. The molecule has 0 aliphatic carbocycles. The van der Waals surface area contributed by atoms with Crippen molar-refractivity contribution in [3.63, 3.8) is 0 Å². The fourth-order valence-corrected chi connectivity index (χ4v) is 5.54. The summed E-state index contributed by atoms with van der Waals surface area (Å²) in [7, 11) is -2.74. The molecule has 1 fully saturated rings. The molecule has 5 heteroatoms. The van der Waals surface area contributed by atoms with Gasteiger partial charge in [0.15, 0.2) is 0 Å². The molecule has 178 valence electrons. The third-order valence-corrected chi connectivity index (χ3v) is 8.95. The highest BCUT2D eigenvalue weighted by Crippen LogP contribution is 2.39. The summed E-state index contributed by atoms with van der Waals surface area (Å²) in [5.41, 5.74) is 4.77. The van der Waals surface area contributed by atoms with Gasteiger partial charge in [-0.1, -0.05) is 78.9 Å². The first-order valence-electron chi connectivity index (χ1n) is 12.1. The van der Waals surface area contributed by atoms with Crippen LogP contribution < -0.4 is 10.8 Å². The van der Waals surface area contributed by atoms with Crippen molar-refractivity contribution in [2.24, 2.45) is 0 Å². The molecule has 0 spiro atoms. The lowest BCUT2D eigenvalue weighted by molar-refractivity contribution is 0.00578. The van der Waals surface area contributed by atoms with Crippen LogP contribution in [0.25, 0.3) is 33.0 Å². The van der Waals surface area contributed by atoms with Crippen molar-refractivity contribution in [2.45, 2.75) is 38.9 Å². The number of hydrogen-bond donors (Lipinski definition) is 0. The van der Waals surface area contributed by atoms with Crippen LogP contribution >= 0.6 is 7.14 Å². The molecule has 5 rings (SSSR count). The van der Waals surface area contributed by atoms with Crippen molar-refractivity contribution >= 4 is 35.8 Å². The molecule has 0 radical (unpaired) electrons. The lowest BCUT2D eigenvalue weighted by Gasteiger charge is -2.32. The van der Waals surface area contributed by atoms with E-state index in [2.05, 4.69) is 100 Å². The minimum atomic E-state index is -2.34. The van der Waals surface area contributed by atoms with E-state index in [1.165, 1.54) is 10.8 Å². The minimum absolute atomic E-state index is 0.377. The fraction of sp³-hybridized carbons (Fsp3) is 0.267. The van der Waals surface area contributed by atoms with Crippen LogP contribution in [0.15, 0.2) is 84.9 Å². The zero-order valence-electron chi connectivity index (χ0n) is 21.3. The lowest BCUT2D eigenvalue weighted by Crippen LogP contribution is -2.41. The predicted octanol–water partition coefficient (Wildman–Crippen LogP) is 6.72. The number of rotatable bonds is 4. The van der Waals surface area contributed by atoms with Gasteiger partial charge in [-0.25, -0.2) is 0 Å². The third-order valence-electron chi connectivity index (χ3n) is 7.43. The predicted molar refractivity (Wildman–Crippen MR) is 150 cm³/mol. The Bertz CT molecular complexity index is 1450. The van der Waals surface area contributed by atoms with Crippen molar-refractivity contribution < 1.29 is 13.9 Å². The van der Waals surface area contributed by atoms with Gasteiger partial charge in [0, 0.05) is 5.30 Å². The number of benzene rings is 4. The lowest BCUT2D eigenvalue weighted by atomic mass is 9.77. The van der Waals surface area contributed by atoms with E-state index in [1.54, 1.807) is 0 Å². The van der Waals surface area contributed by atoms with Crippen molar-refractivity contribution in [1.82, 2.24) is 0 Å². The van der Waals surface area contributed by atoms with E-state index in [9.17, 15) is 4.57 Å². The van der Waals surface area contributed by atoms with E-state index < -0.39 is 14.3 Å². The Labute approximate surface area is 209 Å². The van der Waals surface area contributed by atoms with Crippen LogP contribution in [0.4, 0.5) is 0 Å². The van der Waals surface area contributed by atoms with Gasteiger partial charge < -0.3 is 13.9 Å². The van der Waals surface area contributed by atoms with E-state index in [-0.39, 0.29) is 11.2 Å². The average molecular weight is 482 g/mol. The van der Waals surface area contributed by atoms with Crippen LogP contribution in [0.3, 0.4) is 0 Å². The molecule has 1 aliphatic rings. The molecule has 4 aromatic rings. The van der Waals surface area contributed by atoms with Gasteiger partial charge in [-0.15, -0.1) is 0 Å². The molecule has 0 N–H and O–H groups in total. The van der Waals surface area contributed by atoms with Gasteiger partial charge in [-0.3, -0.25) is 0 Å². The Balaban J connectivity index is 1.59. The molecule has 0 aromatic heterocycles. The van der Waals surface area contributed by atoms with Crippen LogP contribution in [0.1, 0.15) is 27.7 Å². The fourth-order valence-electron chi connectivity index (χ4n) is 4.64. The van der Waals surface area contributed by atoms with Crippen molar-refractivity contribution in [3.05, 3.63) is 84.9 Å². The molecule has 0 unspecified atom stereocenters. The SMILES string of the molecule is CC1(C)OB(c2cccc(-c3ccc(-c4cccc(P(C)(C)=O)c4)c4ccccc34)c2)OC1(C)C. The van der Waals surface area contributed by atoms with E-state index in [0.717, 1.165) is 33.0 Å². The van der Waals surface area contributed by atoms with E-state index in [0.29, 0.717) is 0 Å². The summed E-state index contributed by atoms with van der Waals surface area (Å²) < 4.78 is 25.3. The number of fused-ring (bicyclic) bond motifs is 1. The normalized spacial score (nSPS) is 17.1. The quantitative estimate of drug-likeness (QED) is 0.239. The first-order valence-corrected chi connectivity index (χ1v) is 14.7.